The van der Waals surface area contributed by atoms with Crippen LogP contribution >= 0.6 is 0 Å². The van der Waals surface area contributed by atoms with Crippen molar-refractivity contribution >= 4 is 16.9 Å². The van der Waals surface area contributed by atoms with Gasteiger partial charge in [0.1, 0.15) is 5.69 Å². The highest BCUT2D eigenvalue weighted by Crippen LogP contribution is 2.11. The average molecular weight is 281 g/mol. The van der Waals surface area contributed by atoms with Crippen LogP contribution in [0.1, 0.15) is 16.9 Å². The summed E-state index contributed by atoms with van der Waals surface area (Å²) in [6, 6.07) is 8.00. The summed E-state index contributed by atoms with van der Waals surface area (Å²) in [6.45, 7) is 1.39. The quantitative estimate of drug-likeness (QED) is 0.722. The van der Waals surface area contributed by atoms with Gasteiger partial charge in [-0.05, 0) is 18.6 Å². The maximum Gasteiger partial charge on any atom is 0.271 e. The molecule has 0 fully saturated rings. The summed E-state index contributed by atoms with van der Waals surface area (Å²) in [7, 11) is 0. The van der Waals surface area contributed by atoms with Gasteiger partial charge >= 0.3 is 0 Å². The van der Waals surface area contributed by atoms with E-state index in [4.69, 9.17) is 0 Å². The van der Waals surface area contributed by atoms with Gasteiger partial charge in [0, 0.05) is 25.5 Å². The van der Waals surface area contributed by atoms with E-state index in [1.54, 1.807) is 6.20 Å². The molecule has 2 aromatic heterocycles. The van der Waals surface area contributed by atoms with E-state index in [0.29, 0.717) is 12.2 Å². The van der Waals surface area contributed by atoms with Gasteiger partial charge in [-0.15, -0.1) is 0 Å². The molecule has 2 heterocycles. The van der Waals surface area contributed by atoms with Crippen LogP contribution < -0.4 is 5.32 Å². The number of amides is 1. The number of hydrogen-bond donors (Lipinski definition) is 1. The summed E-state index contributed by atoms with van der Waals surface area (Å²) in [5, 5.41) is 2.83. The Balaban J connectivity index is 1.52. The Labute approximate surface area is 121 Å². The molecule has 0 atom stereocenters. The van der Waals surface area contributed by atoms with E-state index in [-0.39, 0.29) is 5.91 Å². The molecule has 1 amide bonds. The minimum absolute atomic E-state index is 0.196. The van der Waals surface area contributed by atoms with E-state index in [1.165, 1.54) is 12.4 Å². The number of fused-ring (bicyclic) bond motifs is 1. The summed E-state index contributed by atoms with van der Waals surface area (Å²) in [4.78, 5) is 24.0. The van der Waals surface area contributed by atoms with Gasteiger partial charge in [0.15, 0.2) is 0 Å². The molecule has 6 nitrogen and oxygen atoms in total. The van der Waals surface area contributed by atoms with Crippen molar-refractivity contribution in [1.29, 1.82) is 0 Å². The Kier molecular flexibility index (Phi) is 3.86. The smallest absolute Gasteiger partial charge is 0.271 e. The van der Waals surface area contributed by atoms with E-state index >= 15 is 0 Å². The number of aryl methyl sites for hydroxylation is 1. The molecule has 106 valence electrons. The molecule has 3 aromatic rings. The van der Waals surface area contributed by atoms with Gasteiger partial charge in [0.25, 0.3) is 5.91 Å². The number of para-hydroxylation sites is 2. The largest absolute Gasteiger partial charge is 0.351 e. The normalized spacial score (nSPS) is 10.7. The Hall–Kier alpha value is -2.76. The zero-order valence-electron chi connectivity index (χ0n) is 11.4. The fourth-order valence-corrected chi connectivity index (χ4v) is 2.15. The lowest BCUT2D eigenvalue weighted by Crippen LogP contribution is -2.26. The van der Waals surface area contributed by atoms with Crippen molar-refractivity contribution < 1.29 is 4.79 Å². The number of nitrogens with zero attached hydrogens (tertiary/aromatic N) is 4. The Morgan fingerprint density at radius 1 is 1.19 bits per heavy atom. The maximum atomic E-state index is 11.8. The van der Waals surface area contributed by atoms with Crippen molar-refractivity contribution in [2.75, 3.05) is 6.54 Å². The second kappa shape index (κ2) is 6.13. The monoisotopic (exact) mass is 281 g/mol. The molecule has 0 radical (unpaired) electrons. The number of carbonyl (C=O) groups excluding carboxylic acids is 1. The molecule has 0 unspecified atom stereocenters. The molecule has 1 aromatic carbocycles. The van der Waals surface area contributed by atoms with Crippen molar-refractivity contribution in [3.8, 4) is 0 Å². The second-order valence-corrected chi connectivity index (χ2v) is 4.63. The third-order valence-electron chi connectivity index (χ3n) is 3.18. The van der Waals surface area contributed by atoms with Crippen LogP contribution in [0.15, 0.2) is 49.2 Å². The van der Waals surface area contributed by atoms with Gasteiger partial charge in [0.2, 0.25) is 0 Å². The highest BCUT2D eigenvalue weighted by atomic mass is 16.1. The fraction of sp³-hybridized carbons (Fsp3) is 0.200. The number of benzene rings is 1. The van der Waals surface area contributed by atoms with Crippen molar-refractivity contribution in [2.45, 2.75) is 13.0 Å². The van der Waals surface area contributed by atoms with Crippen LogP contribution in [-0.2, 0) is 6.54 Å². The predicted molar refractivity (Wildman–Crippen MR) is 78.7 cm³/mol. The first-order chi connectivity index (χ1) is 10.3. The van der Waals surface area contributed by atoms with E-state index in [2.05, 4.69) is 24.8 Å². The molecule has 6 heteroatoms. The molecule has 0 spiro atoms. The molecule has 0 bridgehead atoms. The van der Waals surface area contributed by atoms with Crippen molar-refractivity contribution in [1.82, 2.24) is 24.8 Å². The highest BCUT2D eigenvalue weighted by Gasteiger charge is 2.06. The zero-order chi connectivity index (χ0) is 14.5. The first-order valence-corrected chi connectivity index (χ1v) is 6.79. The van der Waals surface area contributed by atoms with Gasteiger partial charge in [-0.3, -0.25) is 9.78 Å². The Bertz CT molecular complexity index is 738. The predicted octanol–water partition coefficient (Wildman–Crippen LogP) is 1.65. The maximum absolute atomic E-state index is 11.8. The van der Waals surface area contributed by atoms with Crippen LogP contribution in [0.25, 0.3) is 11.0 Å². The summed E-state index contributed by atoms with van der Waals surface area (Å²) >= 11 is 0. The third kappa shape index (κ3) is 3.05. The van der Waals surface area contributed by atoms with Crippen molar-refractivity contribution in [3.05, 3.63) is 54.9 Å². The first kappa shape index (κ1) is 13.2. The summed E-state index contributed by atoms with van der Waals surface area (Å²) < 4.78 is 2.09. The number of carbonyl (C=O) groups is 1. The zero-order valence-corrected chi connectivity index (χ0v) is 11.4. The molecule has 1 N–H and O–H groups in total. The van der Waals surface area contributed by atoms with Crippen LogP contribution in [0.4, 0.5) is 0 Å². The number of nitrogens with one attached hydrogen (secondary N) is 1. The lowest BCUT2D eigenvalue weighted by Gasteiger charge is -2.06. The number of imidazole rings is 1. The lowest BCUT2D eigenvalue weighted by atomic mass is 10.3. The molecule has 0 aliphatic rings. The molecule has 0 aliphatic carbocycles. The molecule has 0 aliphatic heterocycles. The van der Waals surface area contributed by atoms with Crippen LogP contribution in [-0.4, -0.2) is 32.0 Å². The summed E-state index contributed by atoms with van der Waals surface area (Å²) in [6.07, 6.45) is 7.16. The summed E-state index contributed by atoms with van der Waals surface area (Å²) in [5.41, 5.74) is 2.43. The molecule has 3 rings (SSSR count). The average Bonchev–Trinajstić information content (AvgIpc) is 2.95. The lowest BCUT2D eigenvalue weighted by molar-refractivity contribution is 0.0947. The number of hydrogen-bond acceptors (Lipinski definition) is 4. The SMILES string of the molecule is O=C(NCCCn1cnc2ccccc21)c1cnccn1. The van der Waals surface area contributed by atoms with Gasteiger partial charge in [-0.2, -0.15) is 0 Å². The number of rotatable bonds is 5. The van der Waals surface area contributed by atoms with E-state index < -0.39 is 0 Å². The van der Waals surface area contributed by atoms with Crippen molar-refractivity contribution in [2.24, 2.45) is 0 Å². The minimum Gasteiger partial charge on any atom is -0.351 e. The van der Waals surface area contributed by atoms with Crippen LogP contribution in [0, 0.1) is 0 Å². The van der Waals surface area contributed by atoms with Crippen LogP contribution in [0.3, 0.4) is 0 Å². The van der Waals surface area contributed by atoms with E-state index in [0.717, 1.165) is 24.0 Å². The van der Waals surface area contributed by atoms with E-state index in [9.17, 15) is 4.79 Å². The molecule has 21 heavy (non-hydrogen) atoms. The van der Waals surface area contributed by atoms with Crippen LogP contribution in [0.2, 0.25) is 0 Å². The summed E-state index contributed by atoms with van der Waals surface area (Å²) in [5.74, 6) is -0.196. The second-order valence-electron chi connectivity index (χ2n) is 4.63. The standard InChI is InChI=1S/C15H15N5O/c21-15(13-10-16-7-8-17-13)18-6-3-9-20-11-19-12-4-1-2-5-14(12)20/h1-2,4-5,7-8,10-11H,3,6,9H2,(H,18,21). The van der Waals surface area contributed by atoms with Crippen molar-refractivity contribution in [3.63, 3.8) is 0 Å². The molecular formula is C15H15N5O. The minimum atomic E-state index is -0.196. The Morgan fingerprint density at radius 3 is 2.95 bits per heavy atom. The van der Waals surface area contributed by atoms with Gasteiger partial charge in [-0.1, -0.05) is 12.1 Å². The van der Waals surface area contributed by atoms with Gasteiger partial charge < -0.3 is 9.88 Å². The molecular weight excluding hydrogens is 266 g/mol. The number of aromatic nitrogens is 4. The fourth-order valence-electron chi connectivity index (χ4n) is 2.15. The highest BCUT2D eigenvalue weighted by molar-refractivity contribution is 5.91. The first-order valence-electron chi connectivity index (χ1n) is 6.79. The topological polar surface area (TPSA) is 72.7 Å². The molecule has 0 saturated carbocycles. The third-order valence-corrected chi connectivity index (χ3v) is 3.18. The van der Waals surface area contributed by atoms with Gasteiger partial charge in [0.05, 0.1) is 23.6 Å². The van der Waals surface area contributed by atoms with E-state index in [1.807, 2.05) is 30.6 Å². The molecule has 0 saturated heterocycles. The Morgan fingerprint density at radius 2 is 2.10 bits per heavy atom. The van der Waals surface area contributed by atoms with Gasteiger partial charge in [-0.25, -0.2) is 9.97 Å². The van der Waals surface area contributed by atoms with Crippen LogP contribution in [0.5, 0.6) is 0 Å².